The van der Waals surface area contributed by atoms with Gasteiger partial charge >= 0.3 is 0 Å². The molecule has 1 heterocycles. The Morgan fingerprint density at radius 2 is 2.04 bits per heavy atom. The van der Waals surface area contributed by atoms with E-state index in [-0.39, 0.29) is 10.7 Å². The number of nitrogens with one attached hydrogen (secondary N) is 1. The first-order valence-corrected chi connectivity index (χ1v) is 8.61. The molecule has 8 heteroatoms. The van der Waals surface area contributed by atoms with Gasteiger partial charge in [0.2, 0.25) is 5.13 Å². The largest absolute Gasteiger partial charge is 0.493 e. The molecule has 0 fully saturated rings. The average Bonchev–Trinajstić information content (AvgIpc) is 3.04. The maximum Gasteiger partial charge on any atom is 0.260 e. The lowest BCUT2D eigenvalue weighted by atomic mass is 10.2. The minimum Gasteiger partial charge on any atom is -0.493 e. The van der Waals surface area contributed by atoms with Crippen LogP contribution in [0.25, 0.3) is 0 Å². The van der Waals surface area contributed by atoms with Gasteiger partial charge in [0.05, 0.1) is 12.2 Å². The van der Waals surface area contributed by atoms with Crippen molar-refractivity contribution in [3.8, 4) is 5.75 Å². The first kappa shape index (κ1) is 17.9. The third kappa shape index (κ3) is 4.60. The summed E-state index contributed by atoms with van der Waals surface area (Å²) in [7, 11) is 0. The van der Waals surface area contributed by atoms with Gasteiger partial charge in [0.1, 0.15) is 22.4 Å². The van der Waals surface area contributed by atoms with Crippen molar-refractivity contribution in [3.63, 3.8) is 0 Å². The number of nitrogens with zero attached hydrogens (tertiary/aromatic N) is 2. The van der Waals surface area contributed by atoms with Crippen LogP contribution >= 0.6 is 11.3 Å². The number of anilines is 1. The zero-order valence-corrected chi connectivity index (χ0v) is 14.6. The number of ether oxygens (including phenoxy) is 1. The Morgan fingerprint density at radius 3 is 2.85 bits per heavy atom. The second kappa shape index (κ2) is 8.01. The molecule has 0 saturated carbocycles. The average molecular weight is 375 g/mol. The number of halogens is 2. The van der Waals surface area contributed by atoms with Crippen LogP contribution in [0.3, 0.4) is 0 Å². The Kier molecular flexibility index (Phi) is 5.52. The zero-order valence-electron chi connectivity index (χ0n) is 13.8. The molecule has 3 rings (SSSR count). The van der Waals surface area contributed by atoms with Gasteiger partial charge in [-0.05, 0) is 42.8 Å². The summed E-state index contributed by atoms with van der Waals surface area (Å²) in [5.41, 5.74) is 0.720. The molecule has 0 aliphatic heterocycles. The van der Waals surface area contributed by atoms with Crippen molar-refractivity contribution >= 4 is 22.4 Å². The number of benzene rings is 2. The molecule has 2 aromatic carbocycles. The summed E-state index contributed by atoms with van der Waals surface area (Å²) in [4.78, 5) is 12.0. The van der Waals surface area contributed by atoms with Crippen LogP contribution in [0.15, 0.2) is 42.5 Å². The van der Waals surface area contributed by atoms with Gasteiger partial charge in [-0.25, -0.2) is 8.78 Å². The number of aromatic nitrogens is 2. The van der Waals surface area contributed by atoms with E-state index in [1.54, 1.807) is 0 Å². The molecule has 5 nitrogen and oxygen atoms in total. The lowest BCUT2D eigenvalue weighted by Crippen LogP contribution is -2.14. The summed E-state index contributed by atoms with van der Waals surface area (Å²) in [6.07, 6.45) is 0.510. The molecule has 1 amide bonds. The van der Waals surface area contributed by atoms with E-state index in [4.69, 9.17) is 4.74 Å². The molecule has 134 valence electrons. The van der Waals surface area contributed by atoms with E-state index in [1.165, 1.54) is 0 Å². The Morgan fingerprint density at radius 1 is 1.19 bits per heavy atom. The molecular weight excluding hydrogens is 360 g/mol. The van der Waals surface area contributed by atoms with Crippen molar-refractivity contribution in [2.24, 2.45) is 0 Å². The highest BCUT2D eigenvalue weighted by molar-refractivity contribution is 7.15. The molecule has 0 saturated heterocycles. The molecule has 0 aliphatic rings. The number of hydrogen-bond acceptors (Lipinski definition) is 5. The van der Waals surface area contributed by atoms with Gasteiger partial charge in [-0.3, -0.25) is 10.1 Å². The van der Waals surface area contributed by atoms with Crippen molar-refractivity contribution in [2.75, 3.05) is 11.9 Å². The maximum absolute atomic E-state index is 13.6. The lowest BCUT2D eigenvalue weighted by Gasteiger charge is -2.05. The van der Waals surface area contributed by atoms with Gasteiger partial charge in [-0.1, -0.05) is 23.5 Å². The molecule has 0 bridgehead atoms. The molecule has 0 atom stereocenters. The van der Waals surface area contributed by atoms with Crippen LogP contribution in [0.5, 0.6) is 5.75 Å². The summed E-state index contributed by atoms with van der Waals surface area (Å²) in [5, 5.41) is 11.1. The first-order valence-electron chi connectivity index (χ1n) is 7.79. The summed E-state index contributed by atoms with van der Waals surface area (Å²) >= 11 is 1.15. The number of carbonyl (C=O) groups is 1. The molecule has 0 unspecified atom stereocenters. The fraction of sp³-hybridized carbons (Fsp3) is 0.167. The van der Waals surface area contributed by atoms with Gasteiger partial charge < -0.3 is 4.74 Å². The smallest absolute Gasteiger partial charge is 0.260 e. The first-order chi connectivity index (χ1) is 12.5. The van der Waals surface area contributed by atoms with E-state index in [9.17, 15) is 13.6 Å². The van der Waals surface area contributed by atoms with Gasteiger partial charge in [-0.15, -0.1) is 10.2 Å². The van der Waals surface area contributed by atoms with Crippen molar-refractivity contribution in [1.82, 2.24) is 10.2 Å². The molecule has 26 heavy (non-hydrogen) atoms. The minimum atomic E-state index is -0.805. The number of amides is 1. The lowest BCUT2D eigenvalue weighted by molar-refractivity contribution is 0.102. The number of rotatable bonds is 6. The van der Waals surface area contributed by atoms with E-state index in [0.29, 0.717) is 18.0 Å². The SMILES string of the molecule is Cc1cccc(OCCc2nnc(NC(=O)c3cc(F)ccc3F)s2)c1. The molecule has 1 N–H and O–H groups in total. The van der Waals surface area contributed by atoms with E-state index in [2.05, 4.69) is 15.5 Å². The number of carbonyl (C=O) groups excluding carboxylic acids is 1. The van der Waals surface area contributed by atoms with Crippen LogP contribution in [0.4, 0.5) is 13.9 Å². The molecule has 3 aromatic rings. The van der Waals surface area contributed by atoms with E-state index in [1.807, 2.05) is 31.2 Å². The van der Waals surface area contributed by atoms with Crippen LogP contribution in [0, 0.1) is 18.6 Å². The second-order valence-corrected chi connectivity index (χ2v) is 6.56. The highest BCUT2D eigenvalue weighted by Crippen LogP contribution is 2.19. The van der Waals surface area contributed by atoms with Crippen molar-refractivity contribution in [1.29, 1.82) is 0 Å². The topological polar surface area (TPSA) is 64.1 Å². The predicted molar refractivity (Wildman–Crippen MR) is 94.6 cm³/mol. The van der Waals surface area contributed by atoms with Gasteiger partial charge in [0.25, 0.3) is 5.91 Å². The third-order valence-electron chi connectivity index (χ3n) is 3.43. The normalized spacial score (nSPS) is 10.6. The van der Waals surface area contributed by atoms with E-state index in [0.717, 1.165) is 40.8 Å². The van der Waals surface area contributed by atoms with Gasteiger partial charge in [0, 0.05) is 6.42 Å². The summed E-state index contributed by atoms with van der Waals surface area (Å²) in [6, 6.07) is 10.4. The van der Waals surface area contributed by atoms with Crippen LogP contribution in [0.2, 0.25) is 0 Å². The minimum absolute atomic E-state index is 0.212. The predicted octanol–water partition coefficient (Wildman–Crippen LogP) is 4.00. The standard InChI is InChI=1S/C18H15F2N3O2S/c1-11-3-2-4-13(9-11)25-8-7-16-22-23-18(26-16)21-17(24)14-10-12(19)5-6-15(14)20/h2-6,9-10H,7-8H2,1H3,(H,21,23,24). The van der Waals surface area contributed by atoms with Crippen LogP contribution in [-0.4, -0.2) is 22.7 Å². The van der Waals surface area contributed by atoms with E-state index < -0.39 is 17.5 Å². The zero-order chi connectivity index (χ0) is 18.5. The molecule has 0 radical (unpaired) electrons. The highest BCUT2D eigenvalue weighted by atomic mass is 32.1. The fourth-order valence-electron chi connectivity index (χ4n) is 2.20. The van der Waals surface area contributed by atoms with Gasteiger partial charge in [0.15, 0.2) is 0 Å². The summed E-state index contributed by atoms with van der Waals surface area (Å²) < 4.78 is 32.4. The van der Waals surface area contributed by atoms with Crippen molar-refractivity contribution in [2.45, 2.75) is 13.3 Å². The molecular formula is C18H15F2N3O2S. The van der Waals surface area contributed by atoms with Gasteiger partial charge in [-0.2, -0.15) is 0 Å². The van der Waals surface area contributed by atoms with Crippen LogP contribution < -0.4 is 10.1 Å². The summed E-state index contributed by atoms with van der Waals surface area (Å²) in [6.45, 7) is 2.39. The van der Waals surface area contributed by atoms with Crippen LogP contribution in [-0.2, 0) is 6.42 Å². The Hall–Kier alpha value is -2.87. The Bertz CT molecular complexity index is 930. The molecule has 0 spiro atoms. The highest BCUT2D eigenvalue weighted by Gasteiger charge is 2.15. The summed E-state index contributed by atoms with van der Waals surface area (Å²) in [5.74, 6) is -1.51. The second-order valence-electron chi connectivity index (χ2n) is 5.49. The molecule has 0 aliphatic carbocycles. The molecule has 1 aromatic heterocycles. The number of aryl methyl sites for hydroxylation is 1. The fourth-order valence-corrected chi connectivity index (χ4v) is 2.92. The Balaban J connectivity index is 1.56. The monoisotopic (exact) mass is 375 g/mol. The van der Waals surface area contributed by atoms with Crippen molar-refractivity contribution in [3.05, 3.63) is 70.2 Å². The maximum atomic E-state index is 13.6. The third-order valence-corrected chi connectivity index (χ3v) is 4.33. The quantitative estimate of drug-likeness (QED) is 0.707. The van der Waals surface area contributed by atoms with Crippen molar-refractivity contribution < 1.29 is 18.3 Å². The van der Waals surface area contributed by atoms with Crippen LogP contribution in [0.1, 0.15) is 20.9 Å². The van der Waals surface area contributed by atoms with E-state index >= 15 is 0 Å². The Labute approximate surface area is 152 Å². The number of hydrogen-bond donors (Lipinski definition) is 1.